The Hall–Kier alpha value is -2.57. The van der Waals surface area contributed by atoms with E-state index in [-0.39, 0.29) is 11.9 Å². The van der Waals surface area contributed by atoms with E-state index in [0.717, 1.165) is 49.8 Å². The second-order valence-corrected chi connectivity index (χ2v) is 7.74. The number of hydrogen-bond acceptors (Lipinski definition) is 3. The third-order valence-electron chi connectivity index (χ3n) is 5.65. The first-order valence-corrected chi connectivity index (χ1v) is 10.3. The number of nitrogens with one attached hydrogen (secondary N) is 3. The van der Waals surface area contributed by atoms with E-state index in [2.05, 4.69) is 17.4 Å². The number of benzene rings is 2. The second kappa shape index (κ2) is 10.3. The number of rotatable bonds is 8. The number of ether oxygens (including phenoxy) is 2. The van der Waals surface area contributed by atoms with Gasteiger partial charge in [0.1, 0.15) is 32.7 Å². The number of amides is 1. The Balaban J connectivity index is 1.44. The molecule has 0 saturated carbocycles. The van der Waals surface area contributed by atoms with Crippen molar-refractivity contribution < 1.29 is 24.1 Å². The van der Waals surface area contributed by atoms with Crippen molar-refractivity contribution in [1.29, 1.82) is 0 Å². The SMILES string of the molecule is COc1ccc(C[NH+]2CC[NH+](CC(=O)N[C@@H](C)c3ccccc3)CC2)cc1OC. The fourth-order valence-corrected chi connectivity index (χ4v) is 3.93. The van der Waals surface area contributed by atoms with Crippen LogP contribution in [0.1, 0.15) is 24.1 Å². The van der Waals surface area contributed by atoms with Crippen LogP contribution < -0.4 is 24.6 Å². The van der Waals surface area contributed by atoms with Gasteiger partial charge in [-0.15, -0.1) is 0 Å². The van der Waals surface area contributed by atoms with Gasteiger partial charge in [0.25, 0.3) is 5.91 Å². The molecule has 0 bridgehead atoms. The van der Waals surface area contributed by atoms with Crippen molar-refractivity contribution in [2.45, 2.75) is 19.5 Å². The van der Waals surface area contributed by atoms with Gasteiger partial charge >= 0.3 is 0 Å². The van der Waals surface area contributed by atoms with E-state index >= 15 is 0 Å². The molecular weight excluding hydrogens is 366 g/mol. The molecule has 1 aliphatic rings. The highest BCUT2D eigenvalue weighted by atomic mass is 16.5. The van der Waals surface area contributed by atoms with E-state index in [1.807, 2.05) is 43.3 Å². The Bertz CT molecular complexity index is 789. The van der Waals surface area contributed by atoms with Gasteiger partial charge in [0.15, 0.2) is 18.0 Å². The van der Waals surface area contributed by atoms with Crippen molar-refractivity contribution in [3.05, 3.63) is 59.7 Å². The monoisotopic (exact) mass is 399 g/mol. The molecule has 6 heteroatoms. The predicted molar refractivity (Wildman–Crippen MR) is 113 cm³/mol. The molecule has 0 aromatic heterocycles. The van der Waals surface area contributed by atoms with Crippen LogP contribution in [0.4, 0.5) is 0 Å². The highest BCUT2D eigenvalue weighted by molar-refractivity contribution is 5.77. The molecule has 0 radical (unpaired) electrons. The maximum atomic E-state index is 12.4. The molecule has 0 unspecified atom stereocenters. The molecule has 0 spiro atoms. The largest absolute Gasteiger partial charge is 0.493 e. The lowest BCUT2D eigenvalue weighted by molar-refractivity contribution is -1.02. The molecule has 6 nitrogen and oxygen atoms in total. The van der Waals surface area contributed by atoms with Crippen molar-refractivity contribution in [2.75, 3.05) is 46.9 Å². The number of carbonyl (C=O) groups is 1. The zero-order chi connectivity index (χ0) is 20.6. The van der Waals surface area contributed by atoms with Gasteiger partial charge in [0.2, 0.25) is 0 Å². The van der Waals surface area contributed by atoms with E-state index in [9.17, 15) is 4.79 Å². The molecule has 3 N–H and O–H groups in total. The summed E-state index contributed by atoms with van der Waals surface area (Å²) >= 11 is 0. The van der Waals surface area contributed by atoms with Gasteiger partial charge in [-0.25, -0.2) is 0 Å². The first-order valence-electron chi connectivity index (χ1n) is 10.3. The molecular formula is C23H33N3O3+2. The van der Waals surface area contributed by atoms with Crippen LogP contribution in [0.2, 0.25) is 0 Å². The van der Waals surface area contributed by atoms with Crippen LogP contribution in [-0.2, 0) is 11.3 Å². The topological polar surface area (TPSA) is 56.4 Å². The van der Waals surface area contributed by atoms with Crippen LogP contribution in [0.25, 0.3) is 0 Å². The van der Waals surface area contributed by atoms with Crippen molar-refractivity contribution in [1.82, 2.24) is 5.32 Å². The van der Waals surface area contributed by atoms with Gasteiger partial charge in [-0.05, 0) is 30.7 Å². The Kier molecular flexibility index (Phi) is 7.49. The van der Waals surface area contributed by atoms with Gasteiger partial charge in [-0.3, -0.25) is 4.79 Å². The highest BCUT2D eigenvalue weighted by Gasteiger charge is 2.25. The summed E-state index contributed by atoms with van der Waals surface area (Å²) in [6.07, 6.45) is 0. The van der Waals surface area contributed by atoms with Crippen LogP contribution in [-0.4, -0.2) is 52.9 Å². The number of quaternary nitrogens is 2. The maximum Gasteiger partial charge on any atom is 0.275 e. The quantitative estimate of drug-likeness (QED) is 0.580. The van der Waals surface area contributed by atoms with E-state index in [0.29, 0.717) is 6.54 Å². The van der Waals surface area contributed by atoms with Gasteiger partial charge in [0.05, 0.1) is 20.3 Å². The van der Waals surface area contributed by atoms with Crippen LogP contribution in [0.3, 0.4) is 0 Å². The summed E-state index contributed by atoms with van der Waals surface area (Å²) in [6.45, 7) is 7.68. The number of piperazine rings is 1. The zero-order valence-electron chi connectivity index (χ0n) is 17.7. The normalized spacial score (nSPS) is 20.0. The minimum atomic E-state index is 0.0417. The molecule has 29 heavy (non-hydrogen) atoms. The number of carbonyl (C=O) groups excluding carboxylic acids is 1. The fourth-order valence-electron chi connectivity index (χ4n) is 3.93. The summed E-state index contributed by atoms with van der Waals surface area (Å²) < 4.78 is 10.7. The third-order valence-corrected chi connectivity index (χ3v) is 5.65. The number of methoxy groups -OCH3 is 2. The fraction of sp³-hybridized carbons (Fsp3) is 0.435. The van der Waals surface area contributed by atoms with Crippen molar-refractivity contribution in [2.24, 2.45) is 0 Å². The Morgan fingerprint density at radius 2 is 1.62 bits per heavy atom. The van der Waals surface area contributed by atoms with Gasteiger partial charge in [-0.1, -0.05) is 30.3 Å². The third kappa shape index (κ3) is 5.95. The second-order valence-electron chi connectivity index (χ2n) is 7.74. The molecule has 1 fully saturated rings. The molecule has 2 aromatic rings. The van der Waals surface area contributed by atoms with Crippen molar-refractivity contribution in [3.8, 4) is 11.5 Å². The van der Waals surface area contributed by atoms with Crippen molar-refractivity contribution >= 4 is 5.91 Å². The van der Waals surface area contributed by atoms with E-state index in [4.69, 9.17) is 9.47 Å². The summed E-state index contributed by atoms with van der Waals surface area (Å²) in [4.78, 5) is 15.3. The first-order chi connectivity index (χ1) is 14.1. The Morgan fingerprint density at radius 3 is 2.28 bits per heavy atom. The minimum Gasteiger partial charge on any atom is -0.493 e. The average molecular weight is 400 g/mol. The standard InChI is InChI=1S/C23H31N3O3/c1-18(20-7-5-4-6-8-20)24-23(27)17-26-13-11-25(12-14-26)16-19-9-10-21(28-2)22(15-19)29-3/h4-10,15,18H,11-14,16-17H2,1-3H3,(H,24,27)/p+2/t18-/m0/s1. The molecule has 2 aromatic carbocycles. The van der Waals surface area contributed by atoms with Crippen LogP contribution in [0.5, 0.6) is 11.5 Å². The lowest BCUT2D eigenvalue weighted by Gasteiger charge is -2.29. The summed E-state index contributed by atoms with van der Waals surface area (Å²) in [7, 11) is 3.32. The molecule has 156 valence electrons. The van der Waals surface area contributed by atoms with E-state index in [1.165, 1.54) is 10.5 Å². The summed E-state index contributed by atoms with van der Waals surface area (Å²) in [5, 5.41) is 3.13. The van der Waals surface area contributed by atoms with Gasteiger partial charge < -0.3 is 24.6 Å². The van der Waals surface area contributed by atoms with E-state index in [1.54, 1.807) is 19.1 Å². The van der Waals surface area contributed by atoms with Crippen molar-refractivity contribution in [3.63, 3.8) is 0 Å². The maximum absolute atomic E-state index is 12.4. The summed E-state index contributed by atoms with van der Waals surface area (Å²) in [5.41, 5.74) is 2.38. The minimum absolute atomic E-state index is 0.0417. The molecule has 1 saturated heterocycles. The first kappa shape index (κ1) is 21.1. The van der Waals surface area contributed by atoms with Gasteiger partial charge in [0, 0.05) is 5.56 Å². The van der Waals surface area contributed by atoms with Crippen LogP contribution in [0, 0.1) is 0 Å². The Morgan fingerprint density at radius 1 is 0.966 bits per heavy atom. The highest BCUT2D eigenvalue weighted by Crippen LogP contribution is 2.27. The smallest absolute Gasteiger partial charge is 0.275 e. The molecule has 3 rings (SSSR count). The molecule has 1 atom stereocenters. The lowest BCUT2D eigenvalue weighted by atomic mass is 10.1. The molecule has 1 amide bonds. The average Bonchev–Trinajstić information content (AvgIpc) is 2.75. The molecule has 0 aliphatic carbocycles. The number of hydrogen-bond donors (Lipinski definition) is 3. The van der Waals surface area contributed by atoms with Crippen LogP contribution in [0.15, 0.2) is 48.5 Å². The summed E-state index contributed by atoms with van der Waals surface area (Å²) in [5.74, 6) is 1.66. The van der Waals surface area contributed by atoms with Gasteiger partial charge in [-0.2, -0.15) is 0 Å². The Labute approximate surface area is 173 Å². The van der Waals surface area contributed by atoms with E-state index < -0.39 is 0 Å². The molecule has 1 heterocycles. The summed E-state index contributed by atoms with van der Waals surface area (Å²) in [6, 6.07) is 16.3. The van der Waals surface area contributed by atoms with Crippen LogP contribution >= 0.6 is 0 Å². The predicted octanol–water partition coefficient (Wildman–Crippen LogP) is -0.135. The zero-order valence-corrected chi connectivity index (χ0v) is 17.7. The lowest BCUT2D eigenvalue weighted by Crippen LogP contribution is -3.28. The molecule has 1 aliphatic heterocycles.